The molecule has 1 saturated carbocycles. The van der Waals surface area contributed by atoms with Gasteiger partial charge in [0.2, 0.25) is 5.91 Å². The van der Waals surface area contributed by atoms with E-state index in [-0.39, 0.29) is 12.3 Å². The van der Waals surface area contributed by atoms with Crippen LogP contribution in [0.4, 0.5) is 18.9 Å². The molecule has 1 aliphatic carbocycles. The van der Waals surface area contributed by atoms with Crippen molar-refractivity contribution in [2.24, 2.45) is 0 Å². The van der Waals surface area contributed by atoms with Crippen LogP contribution in [0.3, 0.4) is 0 Å². The Labute approximate surface area is 288 Å². The van der Waals surface area contributed by atoms with Gasteiger partial charge in [0.1, 0.15) is 18.0 Å². The number of ether oxygens (including phenoxy) is 1. The highest BCUT2D eigenvalue weighted by atomic mass is 19.4. The molecular formula is C40H47F3N4O2. The van der Waals surface area contributed by atoms with Crippen molar-refractivity contribution in [3.63, 3.8) is 0 Å². The van der Waals surface area contributed by atoms with Gasteiger partial charge in [-0.3, -0.25) is 4.79 Å². The smallest absolute Gasteiger partial charge is 0.416 e. The molecule has 49 heavy (non-hydrogen) atoms. The lowest BCUT2D eigenvalue weighted by molar-refractivity contribution is -0.118. The zero-order valence-corrected chi connectivity index (χ0v) is 28.8. The van der Waals surface area contributed by atoms with E-state index in [0.717, 1.165) is 60.4 Å². The number of aromatic nitrogens is 2. The van der Waals surface area contributed by atoms with Crippen LogP contribution < -0.4 is 10.6 Å². The number of halogens is 3. The Hall–Kier alpha value is -4.66. The highest BCUT2D eigenvalue weighted by Crippen LogP contribution is 2.35. The Balaban J connectivity index is 1.51. The second-order valence-electron chi connectivity index (χ2n) is 12.3. The molecule has 6 nitrogen and oxygen atoms in total. The summed E-state index contributed by atoms with van der Waals surface area (Å²) < 4.78 is 47.8. The lowest BCUT2D eigenvalue weighted by atomic mass is 9.85. The number of carbonyl (C=O) groups is 1. The Kier molecular flexibility index (Phi) is 13.4. The number of allylic oxidation sites excluding steroid dienone is 4. The fourth-order valence-corrected chi connectivity index (χ4v) is 5.65. The monoisotopic (exact) mass is 672 g/mol. The van der Waals surface area contributed by atoms with E-state index < -0.39 is 23.9 Å². The first-order valence-electron chi connectivity index (χ1n) is 17.1. The fourth-order valence-electron chi connectivity index (χ4n) is 5.65. The van der Waals surface area contributed by atoms with Gasteiger partial charge >= 0.3 is 6.18 Å². The minimum atomic E-state index is -4.52. The van der Waals surface area contributed by atoms with Gasteiger partial charge in [-0.15, -0.1) is 0 Å². The molecule has 1 aromatic heterocycles. The van der Waals surface area contributed by atoms with Crippen molar-refractivity contribution >= 4 is 22.7 Å². The third-order valence-corrected chi connectivity index (χ3v) is 8.55. The molecule has 0 saturated heterocycles. The van der Waals surface area contributed by atoms with Crippen LogP contribution >= 0.6 is 0 Å². The van der Waals surface area contributed by atoms with Gasteiger partial charge in [-0.1, -0.05) is 87.9 Å². The first-order chi connectivity index (χ1) is 23.5. The second-order valence-corrected chi connectivity index (χ2v) is 12.3. The molecule has 0 spiro atoms. The molecule has 260 valence electrons. The molecule has 1 amide bonds. The summed E-state index contributed by atoms with van der Waals surface area (Å²) in [5.74, 6) is 1.19. The van der Waals surface area contributed by atoms with Crippen molar-refractivity contribution in [3.05, 3.63) is 126 Å². The lowest BCUT2D eigenvalue weighted by Gasteiger charge is -2.25. The molecule has 2 atom stereocenters. The largest absolute Gasteiger partial charge is 0.476 e. The predicted octanol–water partition coefficient (Wildman–Crippen LogP) is 10.1. The van der Waals surface area contributed by atoms with Crippen molar-refractivity contribution in [3.8, 4) is 0 Å². The van der Waals surface area contributed by atoms with Crippen LogP contribution in [0.5, 0.6) is 0 Å². The predicted molar refractivity (Wildman–Crippen MR) is 191 cm³/mol. The first kappa shape index (κ1) is 37.2. The van der Waals surface area contributed by atoms with Crippen molar-refractivity contribution in [2.45, 2.75) is 96.9 Å². The Morgan fingerprint density at radius 2 is 1.71 bits per heavy atom. The van der Waals surface area contributed by atoms with Gasteiger partial charge in [0, 0.05) is 41.5 Å². The summed E-state index contributed by atoms with van der Waals surface area (Å²) in [4.78, 5) is 22.7. The molecule has 4 rings (SSSR count). The fraction of sp³-hybridized carbons (Fsp3) is 0.375. The zero-order chi connectivity index (χ0) is 35.4. The summed E-state index contributed by atoms with van der Waals surface area (Å²) in [6, 6.07) is 16.7. The molecule has 0 bridgehead atoms. The third kappa shape index (κ3) is 10.4. The normalized spacial score (nSPS) is 15.6. The summed E-state index contributed by atoms with van der Waals surface area (Å²) in [7, 11) is 0. The van der Waals surface area contributed by atoms with E-state index in [2.05, 4.69) is 27.2 Å². The number of anilines is 1. The molecule has 9 heteroatoms. The molecule has 1 heterocycles. The zero-order valence-electron chi connectivity index (χ0n) is 28.8. The van der Waals surface area contributed by atoms with Gasteiger partial charge in [-0.05, 0) is 74.5 Å². The molecule has 1 aliphatic rings. The quantitative estimate of drug-likeness (QED) is 0.117. The van der Waals surface area contributed by atoms with Crippen LogP contribution in [-0.4, -0.2) is 34.2 Å². The molecule has 2 unspecified atom stereocenters. The van der Waals surface area contributed by atoms with Crippen molar-refractivity contribution in [1.82, 2.24) is 15.3 Å². The van der Waals surface area contributed by atoms with Crippen LogP contribution in [0.25, 0.3) is 11.1 Å². The van der Waals surface area contributed by atoms with Crippen LogP contribution in [0, 0.1) is 0 Å². The SMILES string of the molecule is C=C(c1ccccc1)c1ccccc1NC(=O)C(CCC)N/C(=C\CC)OC(C)C/C(=C\C(=C/C)C(F)(F)F)c1cnc(C2CCC2)nc1. The molecule has 2 N–H and O–H groups in total. The Bertz CT molecular complexity index is 1640. The van der Waals surface area contributed by atoms with Crippen LogP contribution in [0.15, 0.2) is 103 Å². The summed E-state index contributed by atoms with van der Waals surface area (Å²) >= 11 is 0. The van der Waals surface area contributed by atoms with E-state index in [9.17, 15) is 18.0 Å². The molecule has 2 aromatic carbocycles. The van der Waals surface area contributed by atoms with Crippen molar-refractivity contribution < 1.29 is 22.7 Å². The van der Waals surface area contributed by atoms with Crippen LogP contribution in [-0.2, 0) is 9.53 Å². The maximum absolute atomic E-state index is 13.8. The summed E-state index contributed by atoms with van der Waals surface area (Å²) in [6.45, 7) is 11.4. The number of hydrogen-bond acceptors (Lipinski definition) is 5. The maximum atomic E-state index is 13.8. The van der Waals surface area contributed by atoms with E-state index in [1.54, 1.807) is 19.3 Å². The average molecular weight is 673 g/mol. The number of nitrogens with one attached hydrogen (secondary N) is 2. The number of para-hydroxylation sites is 1. The maximum Gasteiger partial charge on any atom is 0.416 e. The first-order valence-corrected chi connectivity index (χ1v) is 17.1. The van der Waals surface area contributed by atoms with Gasteiger partial charge in [0.05, 0.1) is 5.57 Å². The number of amides is 1. The van der Waals surface area contributed by atoms with E-state index in [1.807, 2.05) is 74.5 Å². The topological polar surface area (TPSA) is 76.1 Å². The average Bonchev–Trinajstić information content (AvgIpc) is 3.06. The highest BCUT2D eigenvalue weighted by molar-refractivity contribution is 5.98. The summed E-state index contributed by atoms with van der Waals surface area (Å²) in [5.41, 5.74) is 3.37. The molecule has 1 fully saturated rings. The van der Waals surface area contributed by atoms with Crippen molar-refractivity contribution in [2.75, 3.05) is 5.32 Å². The van der Waals surface area contributed by atoms with Crippen LogP contribution in [0.2, 0.25) is 0 Å². The minimum Gasteiger partial charge on any atom is -0.476 e. The van der Waals surface area contributed by atoms with Crippen molar-refractivity contribution in [1.29, 1.82) is 0 Å². The number of nitrogens with zero attached hydrogens (tertiary/aromatic N) is 2. The number of alkyl halides is 3. The number of carbonyl (C=O) groups excluding carboxylic acids is 1. The van der Waals surface area contributed by atoms with E-state index in [4.69, 9.17) is 4.74 Å². The summed E-state index contributed by atoms with van der Waals surface area (Å²) in [6.07, 6.45) is 7.39. The Morgan fingerprint density at radius 3 is 2.31 bits per heavy atom. The van der Waals surface area contributed by atoms with Gasteiger partial charge in [-0.25, -0.2) is 9.97 Å². The molecule has 3 aromatic rings. The molecule has 0 radical (unpaired) electrons. The highest BCUT2D eigenvalue weighted by Gasteiger charge is 2.32. The number of benzene rings is 2. The van der Waals surface area contributed by atoms with E-state index in [0.29, 0.717) is 41.5 Å². The minimum absolute atomic E-state index is 0.155. The second kappa shape index (κ2) is 17.7. The molecule has 0 aliphatic heterocycles. The molecular weight excluding hydrogens is 625 g/mol. The van der Waals surface area contributed by atoms with Gasteiger partial charge < -0.3 is 15.4 Å². The van der Waals surface area contributed by atoms with E-state index >= 15 is 0 Å². The third-order valence-electron chi connectivity index (χ3n) is 8.55. The standard InChI is InChI=1S/C40H47F3N4O2/c1-6-15-36(39(48)47-35-22-13-12-21-34(35)28(5)29-17-10-9-11-18-29)46-37(16-7-2)49-27(4)23-31(24-33(8-3)40(41,42)43)32-25-44-38(45-26-32)30-19-14-20-30/h8-13,16-18,21-22,24-27,30,36,46H,5-7,14-15,19-20,23H2,1-4H3,(H,47,48)/b31-24+,33-8+,37-16+. The van der Waals surface area contributed by atoms with Gasteiger partial charge in [-0.2, -0.15) is 13.2 Å². The summed E-state index contributed by atoms with van der Waals surface area (Å²) in [5, 5.41) is 6.36. The number of rotatable bonds is 16. The Morgan fingerprint density at radius 1 is 1.04 bits per heavy atom. The number of hydrogen-bond donors (Lipinski definition) is 2. The van der Waals surface area contributed by atoms with E-state index in [1.165, 1.54) is 6.92 Å². The van der Waals surface area contributed by atoms with Gasteiger partial charge in [0.15, 0.2) is 5.88 Å². The van der Waals surface area contributed by atoms with Crippen LogP contribution in [0.1, 0.15) is 101 Å². The lowest BCUT2D eigenvalue weighted by Crippen LogP contribution is -2.41. The van der Waals surface area contributed by atoms with Gasteiger partial charge in [0.25, 0.3) is 0 Å².